The summed E-state index contributed by atoms with van der Waals surface area (Å²) in [4.78, 5) is 12.3. The number of aromatic nitrogens is 5. The number of aryl methyl sites for hydroxylation is 1. The van der Waals surface area contributed by atoms with E-state index in [0.717, 1.165) is 12.8 Å². The van der Waals surface area contributed by atoms with Crippen molar-refractivity contribution >= 4 is 23.5 Å². The summed E-state index contributed by atoms with van der Waals surface area (Å²) in [6, 6.07) is 2.07. The van der Waals surface area contributed by atoms with Crippen molar-refractivity contribution in [3.63, 3.8) is 0 Å². The van der Waals surface area contributed by atoms with Gasteiger partial charge >= 0.3 is 0 Å². The van der Waals surface area contributed by atoms with Gasteiger partial charge in [-0.05, 0) is 36.6 Å². The predicted molar refractivity (Wildman–Crippen MR) is 75.9 cm³/mol. The van der Waals surface area contributed by atoms with Crippen molar-refractivity contribution in [1.82, 2.24) is 25.4 Å². The molecule has 2 aromatic heterocycles. The first-order valence-electron chi connectivity index (χ1n) is 6.86. The van der Waals surface area contributed by atoms with Crippen molar-refractivity contribution in [2.75, 3.05) is 5.32 Å². The first kappa shape index (κ1) is 14.1. The number of hydrogen-bond donors (Lipinski definition) is 1. The number of nitrogens with one attached hydrogen (secondary N) is 1. The highest BCUT2D eigenvalue weighted by Crippen LogP contribution is 2.37. The third-order valence-electron chi connectivity index (χ3n) is 3.15. The van der Waals surface area contributed by atoms with Crippen LogP contribution in [0.1, 0.15) is 38.0 Å². The molecule has 0 aliphatic heterocycles. The zero-order chi connectivity index (χ0) is 14.8. The molecule has 1 amide bonds. The van der Waals surface area contributed by atoms with Gasteiger partial charge in [0.25, 0.3) is 0 Å². The highest BCUT2D eigenvalue weighted by atomic mass is 32.2. The lowest BCUT2D eigenvalue weighted by molar-refractivity contribution is -0.115. The lowest BCUT2D eigenvalue weighted by atomic mass is 10.3. The second kappa shape index (κ2) is 5.84. The van der Waals surface area contributed by atoms with Gasteiger partial charge in [-0.1, -0.05) is 23.8 Å². The van der Waals surface area contributed by atoms with Crippen LogP contribution in [0, 0.1) is 6.92 Å². The summed E-state index contributed by atoms with van der Waals surface area (Å²) in [7, 11) is 0. The second-order valence-electron chi connectivity index (χ2n) is 4.96. The Balaban J connectivity index is 1.66. The van der Waals surface area contributed by atoms with Crippen molar-refractivity contribution in [2.24, 2.45) is 0 Å². The summed E-state index contributed by atoms with van der Waals surface area (Å²) >= 11 is 1.38. The van der Waals surface area contributed by atoms with Gasteiger partial charge in [-0.15, -0.1) is 5.10 Å². The molecule has 0 spiro atoms. The zero-order valence-electron chi connectivity index (χ0n) is 11.8. The van der Waals surface area contributed by atoms with Crippen LogP contribution in [-0.2, 0) is 4.79 Å². The molecule has 112 valence electrons. The Kier molecular flexibility index (Phi) is 3.91. The lowest BCUT2D eigenvalue weighted by Crippen LogP contribution is -2.25. The summed E-state index contributed by atoms with van der Waals surface area (Å²) in [5.41, 5.74) is 0. The van der Waals surface area contributed by atoms with Gasteiger partial charge in [0.15, 0.2) is 5.82 Å². The number of anilines is 1. The molecule has 1 fully saturated rings. The van der Waals surface area contributed by atoms with Crippen LogP contribution in [-0.4, -0.2) is 36.5 Å². The molecule has 1 aliphatic carbocycles. The third kappa shape index (κ3) is 3.23. The molecule has 1 unspecified atom stereocenters. The molecule has 1 aliphatic rings. The van der Waals surface area contributed by atoms with E-state index in [0.29, 0.717) is 29.2 Å². The van der Waals surface area contributed by atoms with Crippen LogP contribution in [0.4, 0.5) is 5.82 Å². The van der Waals surface area contributed by atoms with Crippen LogP contribution in [0.3, 0.4) is 0 Å². The van der Waals surface area contributed by atoms with E-state index >= 15 is 0 Å². The predicted octanol–water partition coefficient (Wildman–Crippen LogP) is 1.81. The summed E-state index contributed by atoms with van der Waals surface area (Å²) in [5, 5.41) is 18.6. The quantitative estimate of drug-likeness (QED) is 0.812. The standard InChI is InChI=1S/C12H16N6O2S/c1-3-9(11(19)13-10-6-7(2)20-15-10)21-12-14-16-17-18(12)8-4-5-8/h6,8-9H,3-5H2,1-2H3,(H,13,15,19). The Morgan fingerprint density at radius 2 is 2.43 bits per heavy atom. The van der Waals surface area contributed by atoms with Crippen LogP contribution in [0.2, 0.25) is 0 Å². The van der Waals surface area contributed by atoms with Gasteiger partial charge in [0.05, 0.1) is 11.3 Å². The van der Waals surface area contributed by atoms with Gasteiger partial charge in [0.1, 0.15) is 5.76 Å². The molecule has 2 heterocycles. The number of tetrazole rings is 1. The van der Waals surface area contributed by atoms with Crippen molar-refractivity contribution < 1.29 is 9.32 Å². The molecule has 8 nitrogen and oxygen atoms in total. The number of rotatable bonds is 6. The summed E-state index contributed by atoms with van der Waals surface area (Å²) in [5.74, 6) is 0.961. The van der Waals surface area contributed by atoms with Crippen LogP contribution >= 0.6 is 11.8 Å². The van der Waals surface area contributed by atoms with Crippen molar-refractivity contribution in [1.29, 1.82) is 0 Å². The molecule has 0 saturated heterocycles. The minimum atomic E-state index is -0.273. The number of hydrogen-bond acceptors (Lipinski definition) is 7. The van der Waals surface area contributed by atoms with Crippen molar-refractivity contribution in [3.8, 4) is 0 Å². The van der Waals surface area contributed by atoms with Gasteiger partial charge in [0, 0.05) is 6.07 Å². The van der Waals surface area contributed by atoms with Crippen LogP contribution in [0.5, 0.6) is 0 Å². The SMILES string of the molecule is CCC(Sc1nnnn1C1CC1)C(=O)Nc1cc(C)on1. The van der Waals surface area contributed by atoms with Crippen LogP contribution < -0.4 is 5.32 Å². The van der Waals surface area contributed by atoms with E-state index in [1.807, 2.05) is 6.92 Å². The highest BCUT2D eigenvalue weighted by Gasteiger charge is 2.30. The van der Waals surface area contributed by atoms with E-state index in [9.17, 15) is 4.79 Å². The molecule has 21 heavy (non-hydrogen) atoms. The summed E-state index contributed by atoms with van der Waals surface area (Å²) < 4.78 is 6.74. The molecule has 9 heteroatoms. The zero-order valence-corrected chi connectivity index (χ0v) is 12.6. The van der Waals surface area contributed by atoms with E-state index in [2.05, 4.69) is 26.0 Å². The maximum atomic E-state index is 12.3. The van der Waals surface area contributed by atoms with Gasteiger partial charge in [-0.25, -0.2) is 4.68 Å². The second-order valence-corrected chi connectivity index (χ2v) is 6.13. The van der Waals surface area contributed by atoms with Crippen molar-refractivity contribution in [3.05, 3.63) is 11.8 Å². The Bertz CT molecular complexity index is 635. The molecule has 0 radical (unpaired) electrons. The topological polar surface area (TPSA) is 98.7 Å². The molecule has 1 saturated carbocycles. The fourth-order valence-electron chi connectivity index (χ4n) is 1.89. The van der Waals surface area contributed by atoms with Crippen LogP contribution in [0.25, 0.3) is 0 Å². The number of thioether (sulfide) groups is 1. The molecule has 0 bridgehead atoms. The maximum Gasteiger partial charge on any atom is 0.239 e. The maximum absolute atomic E-state index is 12.3. The van der Waals surface area contributed by atoms with E-state index in [1.54, 1.807) is 17.7 Å². The molecular weight excluding hydrogens is 292 g/mol. The van der Waals surface area contributed by atoms with Crippen LogP contribution in [0.15, 0.2) is 15.7 Å². The van der Waals surface area contributed by atoms with Gasteiger partial charge < -0.3 is 9.84 Å². The fraction of sp³-hybridized carbons (Fsp3) is 0.583. The Labute approximate surface area is 125 Å². The molecular formula is C12H16N6O2S. The number of carbonyl (C=O) groups excluding carboxylic acids is 1. The highest BCUT2D eigenvalue weighted by molar-refractivity contribution is 8.00. The monoisotopic (exact) mass is 308 g/mol. The van der Waals surface area contributed by atoms with Gasteiger partial charge in [-0.3, -0.25) is 4.79 Å². The molecule has 2 aromatic rings. The Morgan fingerprint density at radius 1 is 1.62 bits per heavy atom. The molecule has 1 atom stereocenters. The van der Waals surface area contributed by atoms with E-state index in [1.165, 1.54) is 11.8 Å². The number of carbonyl (C=O) groups is 1. The third-order valence-corrected chi connectivity index (χ3v) is 4.46. The molecule has 3 rings (SSSR count). The Morgan fingerprint density at radius 3 is 3.05 bits per heavy atom. The number of amides is 1. The smallest absolute Gasteiger partial charge is 0.239 e. The molecule has 1 N–H and O–H groups in total. The van der Waals surface area contributed by atoms with E-state index in [-0.39, 0.29) is 11.2 Å². The fourth-order valence-corrected chi connectivity index (χ4v) is 2.86. The Hall–Kier alpha value is -1.90. The summed E-state index contributed by atoms with van der Waals surface area (Å²) in [6.07, 6.45) is 2.87. The number of nitrogens with zero attached hydrogens (tertiary/aromatic N) is 5. The van der Waals surface area contributed by atoms with E-state index in [4.69, 9.17) is 4.52 Å². The first-order valence-corrected chi connectivity index (χ1v) is 7.74. The minimum absolute atomic E-state index is 0.124. The average Bonchev–Trinajstić information content (AvgIpc) is 3.07. The van der Waals surface area contributed by atoms with E-state index < -0.39 is 0 Å². The van der Waals surface area contributed by atoms with Gasteiger partial charge in [-0.2, -0.15) is 0 Å². The minimum Gasteiger partial charge on any atom is -0.360 e. The lowest BCUT2D eigenvalue weighted by Gasteiger charge is -2.12. The first-order chi connectivity index (χ1) is 10.2. The molecule has 0 aromatic carbocycles. The largest absolute Gasteiger partial charge is 0.360 e. The van der Waals surface area contributed by atoms with Crippen molar-refractivity contribution in [2.45, 2.75) is 49.6 Å². The normalized spacial score (nSPS) is 15.9. The average molecular weight is 308 g/mol. The van der Waals surface area contributed by atoms with Gasteiger partial charge in [0.2, 0.25) is 11.1 Å². The summed E-state index contributed by atoms with van der Waals surface area (Å²) in [6.45, 7) is 3.73.